The highest BCUT2D eigenvalue weighted by Gasteiger charge is 2.53. The molecule has 1 heteroatoms. The van der Waals surface area contributed by atoms with E-state index in [9.17, 15) is 5.11 Å². The lowest BCUT2D eigenvalue weighted by Gasteiger charge is -2.55. The van der Waals surface area contributed by atoms with E-state index in [1.165, 1.54) is 38.5 Å². The maximum Gasteiger partial charge on any atom is 0.0577 e. The highest BCUT2D eigenvalue weighted by molar-refractivity contribution is 5.27. The summed E-state index contributed by atoms with van der Waals surface area (Å²) in [5.41, 5.74) is 2.00. The molecule has 3 saturated carbocycles. The van der Waals surface area contributed by atoms with Gasteiger partial charge in [0, 0.05) is 0 Å². The standard InChI is InChI=1S/C20H30O/c1-3-13-4-6-17-16(13)8-9-19-18(17)7-5-14-12-15(21)10-11-20(14,19)2/h3,5,13,15,17-19,21H,4,6-12H2,1-2H3/t13-,15-,17+,18+,19-,20-/m0/s1. The van der Waals surface area contributed by atoms with Crippen LogP contribution in [0.3, 0.4) is 0 Å². The van der Waals surface area contributed by atoms with Crippen molar-refractivity contribution in [3.8, 4) is 0 Å². The van der Waals surface area contributed by atoms with Gasteiger partial charge < -0.3 is 5.11 Å². The van der Waals surface area contributed by atoms with Crippen LogP contribution in [0.2, 0.25) is 0 Å². The number of allylic oxidation sites excluding steroid dienone is 1. The Morgan fingerprint density at radius 3 is 2.90 bits per heavy atom. The normalized spacial score (nSPS) is 50.0. The van der Waals surface area contributed by atoms with Crippen LogP contribution in [0.15, 0.2) is 11.6 Å². The smallest absolute Gasteiger partial charge is 0.0577 e. The van der Waals surface area contributed by atoms with E-state index in [2.05, 4.69) is 26.3 Å². The minimum atomic E-state index is -0.0721. The molecule has 1 N–H and O–H groups in total. The molecule has 0 amide bonds. The van der Waals surface area contributed by atoms with E-state index in [-0.39, 0.29) is 6.10 Å². The predicted octanol–water partition coefficient (Wildman–Crippen LogP) is 4.72. The van der Waals surface area contributed by atoms with E-state index in [1.807, 2.05) is 5.92 Å². The minimum absolute atomic E-state index is 0.0721. The van der Waals surface area contributed by atoms with Crippen molar-refractivity contribution in [3.05, 3.63) is 24.0 Å². The molecule has 0 bridgehead atoms. The number of hydrogen-bond acceptors (Lipinski definition) is 1. The van der Waals surface area contributed by atoms with E-state index in [0.717, 1.165) is 36.5 Å². The van der Waals surface area contributed by atoms with Gasteiger partial charge in [0.15, 0.2) is 0 Å². The molecule has 4 aliphatic rings. The van der Waals surface area contributed by atoms with Gasteiger partial charge >= 0.3 is 0 Å². The molecule has 0 heterocycles. The van der Waals surface area contributed by atoms with Crippen molar-refractivity contribution in [3.63, 3.8) is 0 Å². The Balaban J connectivity index is 1.62. The molecule has 3 fully saturated rings. The summed E-state index contributed by atoms with van der Waals surface area (Å²) in [6.45, 7) is 4.78. The van der Waals surface area contributed by atoms with Crippen LogP contribution in [0.25, 0.3) is 0 Å². The van der Waals surface area contributed by atoms with Gasteiger partial charge in [0.05, 0.1) is 6.10 Å². The molecule has 0 aliphatic heterocycles. The van der Waals surface area contributed by atoms with E-state index in [0.29, 0.717) is 5.41 Å². The molecule has 0 spiro atoms. The first kappa shape index (κ1) is 14.3. The van der Waals surface area contributed by atoms with Crippen LogP contribution in [-0.4, -0.2) is 11.2 Å². The van der Waals surface area contributed by atoms with Crippen molar-refractivity contribution in [2.24, 2.45) is 29.1 Å². The largest absolute Gasteiger partial charge is 0.393 e. The van der Waals surface area contributed by atoms with E-state index < -0.39 is 0 Å². The predicted molar refractivity (Wildman–Crippen MR) is 86.3 cm³/mol. The fourth-order valence-corrected chi connectivity index (χ4v) is 6.42. The molecule has 116 valence electrons. The molecular formula is C20H30O. The van der Waals surface area contributed by atoms with E-state index >= 15 is 0 Å². The van der Waals surface area contributed by atoms with Gasteiger partial charge in [0.2, 0.25) is 0 Å². The van der Waals surface area contributed by atoms with Crippen LogP contribution < -0.4 is 0 Å². The Morgan fingerprint density at radius 1 is 1.24 bits per heavy atom. The van der Waals surface area contributed by atoms with Crippen molar-refractivity contribution >= 4 is 0 Å². The maximum atomic E-state index is 10.0. The number of hydrogen-bond donors (Lipinski definition) is 1. The number of aliphatic hydroxyl groups excluding tert-OH is 1. The zero-order valence-corrected chi connectivity index (χ0v) is 13.6. The summed E-state index contributed by atoms with van der Waals surface area (Å²) in [7, 11) is 0. The summed E-state index contributed by atoms with van der Waals surface area (Å²) in [5, 5.41) is 10.0. The molecule has 6 atom stereocenters. The molecule has 0 aromatic rings. The second-order valence-corrected chi connectivity index (χ2v) is 8.29. The van der Waals surface area contributed by atoms with Crippen LogP contribution in [0.5, 0.6) is 0 Å². The quantitative estimate of drug-likeness (QED) is 0.692. The van der Waals surface area contributed by atoms with Crippen LogP contribution in [0.1, 0.15) is 65.2 Å². The van der Waals surface area contributed by atoms with Crippen molar-refractivity contribution < 1.29 is 5.11 Å². The molecule has 21 heavy (non-hydrogen) atoms. The summed E-state index contributed by atoms with van der Waals surface area (Å²) in [6.07, 6.45) is 15.0. The average molecular weight is 286 g/mol. The molecule has 0 aromatic carbocycles. The summed E-state index contributed by atoms with van der Waals surface area (Å²) >= 11 is 0. The van der Waals surface area contributed by atoms with Crippen LogP contribution in [0.4, 0.5) is 0 Å². The van der Waals surface area contributed by atoms with Crippen molar-refractivity contribution in [2.75, 3.05) is 0 Å². The molecular weight excluding hydrogens is 256 g/mol. The van der Waals surface area contributed by atoms with Gasteiger partial charge in [0.25, 0.3) is 0 Å². The first-order valence-electron chi connectivity index (χ1n) is 9.16. The van der Waals surface area contributed by atoms with Crippen molar-refractivity contribution in [2.45, 2.75) is 71.3 Å². The lowest BCUT2D eigenvalue weighted by atomic mass is 9.50. The first-order chi connectivity index (χ1) is 10.1. The lowest BCUT2D eigenvalue weighted by Crippen LogP contribution is -2.47. The first-order valence-corrected chi connectivity index (χ1v) is 9.16. The molecule has 4 rings (SSSR count). The van der Waals surface area contributed by atoms with Crippen LogP contribution >= 0.6 is 0 Å². The topological polar surface area (TPSA) is 20.2 Å². The highest BCUT2D eigenvalue weighted by Crippen LogP contribution is 2.62. The Labute approximate surface area is 130 Å². The third-order valence-corrected chi connectivity index (χ3v) is 7.56. The molecule has 1 nitrogen and oxygen atoms in total. The lowest BCUT2D eigenvalue weighted by molar-refractivity contribution is 0.0176. The number of rotatable bonds is 1. The van der Waals surface area contributed by atoms with Gasteiger partial charge in [-0.25, -0.2) is 0 Å². The van der Waals surface area contributed by atoms with Gasteiger partial charge in [0.1, 0.15) is 0 Å². The monoisotopic (exact) mass is 286 g/mol. The van der Waals surface area contributed by atoms with Crippen LogP contribution in [0, 0.1) is 41.4 Å². The average Bonchev–Trinajstić information content (AvgIpc) is 2.91. The molecule has 0 aromatic heterocycles. The van der Waals surface area contributed by atoms with E-state index in [4.69, 9.17) is 0 Å². The Hall–Kier alpha value is -0.300. The van der Waals surface area contributed by atoms with Gasteiger partial charge in [-0.1, -0.05) is 25.5 Å². The summed E-state index contributed by atoms with van der Waals surface area (Å²) in [4.78, 5) is 0. The minimum Gasteiger partial charge on any atom is -0.393 e. The third-order valence-electron chi connectivity index (χ3n) is 7.56. The molecule has 0 saturated heterocycles. The number of fused-ring (bicyclic) bond motifs is 5. The molecule has 0 unspecified atom stereocenters. The Morgan fingerprint density at radius 2 is 2.10 bits per heavy atom. The Bertz CT molecular complexity index is 439. The molecule has 4 aliphatic carbocycles. The van der Waals surface area contributed by atoms with Crippen LogP contribution in [-0.2, 0) is 0 Å². The van der Waals surface area contributed by atoms with Gasteiger partial charge in [-0.3, -0.25) is 0 Å². The van der Waals surface area contributed by atoms with Crippen molar-refractivity contribution in [1.29, 1.82) is 0 Å². The van der Waals surface area contributed by atoms with Gasteiger partial charge in [-0.15, -0.1) is 0 Å². The highest BCUT2D eigenvalue weighted by atomic mass is 16.3. The second-order valence-electron chi connectivity index (χ2n) is 8.29. The fourth-order valence-electron chi connectivity index (χ4n) is 6.42. The summed E-state index contributed by atoms with van der Waals surface area (Å²) in [5.74, 6) is 5.42. The second kappa shape index (κ2) is 5.11. The van der Waals surface area contributed by atoms with Crippen molar-refractivity contribution in [1.82, 2.24) is 0 Å². The number of aliphatic hydroxyl groups is 1. The SMILES string of the molecule is C[CH][C@H]1CC[C@@H]2[C]1CC[C@H]1[C@@H]2CC=C2C[C@@H](O)CC[C@@]21C. The summed E-state index contributed by atoms with van der Waals surface area (Å²) in [6, 6.07) is 0. The summed E-state index contributed by atoms with van der Waals surface area (Å²) < 4.78 is 0. The van der Waals surface area contributed by atoms with Gasteiger partial charge in [-0.05, 0) is 92.8 Å². The maximum absolute atomic E-state index is 10.0. The zero-order valence-electron chi connectivity index (χ0n) is 13.6. The third kappa shape index (κ3) is 2.06. The fraction of sp³-hybridized carbons (Fsp3) is 0.800. The zero-order chi connectivity index (χ0) is 14.6. The van der Waals surface area contributed by atoms with E-state index in [1.54, 1.807) is 5.57 Å². The van der Waals surface area contributed by atoms with Gasteiger partial charge in [-0.2, -0.15) is 0 Å². The molecule has 2 radical (unpaired) electrons. The Kier molecular flexibility index (Phi) is 3.48.